The van der Waals surface area contributed by atoms with E-state index in [1.807, 2.05) is 18.9 Å². The molecule has 0 aromatic heterocycles. The van der Waals surface area contributed by atoms with Crippen molar-refractivity contribution >= 4 is 5.91 Å². The molecule has 118 valence electrons. The quantitative estimate of drug-likeness (QED) is 0.737. The molecule has 0 saturated carbocycles. The summed E-state index contributed by atoms with van der Waals surface area (Å²) >= 11 is 0. The highest BCUT2D eigenvalue weighted by atomic mass is 16.5. The van der Waals surface area contributed by atoms with E-state index in [9.17, 15) is 9.90 Å². The smallest absolute Gasteiger partial charge is 0.237 e. The number of rotatable bonds is 7. The van der Waals surface area contributed by atoms with Crippen molar-refractivity contribution in [2.24, 2.45) is 0 Å². The predicted molar refractivity (Wildman–Crippen MR) is 79.6 cm³/mol. The third-order valence-corrected chi connectivity index (χ3v) is 4.34. The van der Waals surface area contributed by atoms with E-state index < -0.39 is 5.60 Å². The normalized spacial score (nSPS) is 20.1. The maximum Gasteiger partial charge on any atom is 0.237 e. The van der Waals surface area contributed by atoms with E-state index in [4.69, 9.17) is 4.74 Å². The minimum atomic E-state index is -0.726. The molecule has 1 rings (SSSR count). The fourth-order valence-corrected chi connectivity index (χ4v) is 2.53. The van der Waals surface area contributed by atoms with Crippen molar-refractivity contribution in [2.75, 3.05) is 26.8 Å². The summed E-state index contributed by atoms with van der Waals surface area (Å²) in [5.41, 5.74) is -0.726. The van der Waals surface area contributed by atoms with Gasteiger partial charge in [0, 0.05) is 38.6 Å². The first-order valence-electron chi connectivity index (χ1n) is 7.72. The Morgan fingerprint density at radius 1 is 1.35 bits per heavy atom. The largest absolute Gasteiger partial charge is 0.388 e. The van der Waals surface area contributed by atoms with Crippen molar-refractivity contribution in [2.45, 2.75) is 64.1 Å². The number of hydrogen-bond donors (Lipinski definition) is 2. The first-order chi connectivity index (χ1) is 9.41. The highest BCUT2D eigenvalue weighted by Gasteiger charge is 2.33. The van der Waals surface area contributed by atoms with Crippen molar-refractivity contribution in [3.8, 4) is 0 Å². The van der Waals surface area contributed by atoms with Crippen LogP contribution in [0.3, 0.4) is 0 Å². The Bertz CT molecular complexity index is 299. The first kappa shape index (κ1) is 17.4. The van der Waals surface area contributed by atoms with E-state index in [2.05, 4.69) is 19.2 Å². The molecule has 1 fully saturated rings. The van der Waals surface area contributed by atoms with Crippen molar-refractivity contribution in [1.29, 1.82) is 0 Å². The molecule has 0 aromatic rings. The molecule has 2 N–H and O–H groups in total. The van der Waals surface area contributed by atoms with E-state index >= 15 is 0 Å². The Hall–Kier alpha value is -0.650. The van der Waals surface area contributed by atoms with Gasteiger partial charge in [-0.25, -0.2) is 0 Å². The van der Waals surface area contributed by atoms with Crippen LogP contribution in [0.15, 0.2) is 0 Å². The van der Waals surface area contributed by atoms with Gasteiger partial charge < -0.3 is 15.2 Å². The molecular weight excluding hydrogens is 256 g/mol. The van der Waals surface area contributed by atoms with Gasteiger partial charge in [-0.15, -0.1) is 0 Å². The molecule has 20 heavy (non-hydrogen) atoms. The molecule has 1 aliphatic rings. The zero-order valence-electron chi connectivity index (χ0n) is 13.3. The summed E-state index contributed by atoms with van der Waals surface area (Å²) in [5, 5.41) is 13.6. The van der Waals surface area contributed by atoms with E-state index in [0.717, 1.165) is 12.8 Å². The Labute approximate surface area is 122 Å². The zero-order valence-corrected chi connectivity index (χ0v) is 13.3. The third-order valence-electron chi connectivity index (χ3n) is 4.34. The highest BCUT2D eigenvalue weighted by Crippen LogP contribution is 2.22. The van der Waals surface area contributed by atoms with Gasteiger partial charge >= 0.3 is 0 Å². The Morgan fingerprint density at radius 3 is 2.40 bits per heavy atom. The van der Waals surface area contributed by atoms with E-state index in [1.54, 1.807) is 0 Å². The van der Waals surface area contributed by atoms with Crippen molar-refractivity contribution in [3.63, 3.8) is 0 Å². The molecule has 5 heteroatoms. The van der Waals surface area contributed by atoms with E-state index in [-0.39, 0.29) is 18.0 Å². The minimum absolute atomic E-state index is 0.0388. The molecule has 1 unspecified atom stereocenters. The fraction of sp³-hybridized carbons (Fsp3) is 0.933. The molecular formula is C15H30N2O3. The Kier molecular flexibility index (Phi) is 6.92. The van der Waals surface area contributed by atoms with Gasteiger partial charge in [0.25, 0.3) is 0 Å². The average molecular weight is 286 g/mol. The van der Waals surface area contributed by atoms with Gasteiger partial charge in [0.1, 0.15) is 0 Å². The van der Waals surface area contributed by atoms with Gasteiger partial charge in [0.2, 0.25) is 5.91 Å². The van der Waals surface area contributed by atoms with Crippen LogP contribution in [0.1, 0.15) is 46.5 Å². The second kappa shape index (κ2) is 7.96. The van der Waals surface area contributed by atoms with Crippen LogP contribution in [-0.4, -0.2) is 60.4 Å². The van der Waals surface area contributed by atoms with Crippen LogP contribution in [0.2, 0.25) is 0 Å². The number of amides is 1. The van der Waals surface area contributed by atoms with Crippen LogP contribution in [0.5, 0.6) is 0 Å². The molecule has 1 saturated heterocycles. The summed E-state index contributed by atoms with van der Waals surface area (Å²) in [6, 6.07) is 0.00647. The maximum atomic E-state index is 12.2. The lowest BCUT2D eigenvalue weighted by atomic mass is 9.93. The highest BCUT2D eigenvalue weighted by molar-refractivity contribution is 5.81. The van der Waals surface area contributed by atoms with Gasteiger partial charge in [-0.3, -0.25) is 9.69 Å². The summed E-state index contributed by atoms with van der Waals surface area (Å²) in [6.07, 6.45) is 3.16. The molecule has 0 spiro atoms. The second-order valence-electron chi connectivity index (χ2n) is 5.95. The lowest BCUT2D eigenvalue weighted by molar-refractivity contribution is -0.128. The van der Waals surface area contributed by atoms with Crippen LogP contribution in [0, 0.1) is 0 Å². The third kappa shape index (κ3) is 5.04. The minimum Gasteiger partial charge on any atom is -0.388 e. The Balaban J connectivity index is 2.48. The molecule has 0 aliphatic carbocycles. The standard InChI is InChI=1S/C15H30N2O3/c1-5-13(6-2)16-14(18)12(3)17(4)11-15(19)7-9-20-10-8-15/h12-13,19H,5-11H2,1-4H3,(H,16,18). The second-order valence-corrected chi connectivity index (χ2v) is 5.95. The summed E-state index contributed by atoms with van der Waals surface area (Å²) in [6.45, 7) is 7.74. The number of nitrogens with zero attached hydrogens (tertiary/aromatic N) is 1. The van der Waals surface area contributed by atoms with Crippen molar-refractivity contribution in [1.82, 2.24) is 10.2 Å². The maximum absolute atomic E-state index is 12.2. The fourth-order valence-electron chi connectivity index (χ4n) is 2.53. The number of ether oxygens (including phenoxy) is 1. The van der Waals surface area contributed by atoms with Crippen LogP contribution in [0.4, 0.5) is 0 Å². The molecule has 1 heterocycles. The van der Waals surface area contributed by atoms with Crippen LogP contribution < -0.4 is 5.32 Å². The molecule has 1 atom stereocenters. The number of carbonyl (C=O) groups excluding carboxylic acids is 1. The zero-order chi connectivity index (χ0) is 15.2. The first-order valence-corrected chi connectivity index (χ1v) is 7.72. The van der Waals surface area contributed by atoms with Crippen molar-refractivity contribution < 1.29 is 14.6 Å². The number of nitrogens with one attached hydrogen (secondary N) is 1. The monoisotopic (exact) mass is 286 g/mol. The number of aliphatic hydroxyl groups is 1. The molecule has 0 aromatic carbocycles. The van der Waals surface area contributed by atoms with Gasteiger partial charge in [-0.1, -0.05) is 13.8 Å². The number of carbonyl (C=O) groups is 1. The SMILES string of the molecule is CCC(CC)NC(=O)C(C)N(C)CC1(O)CCOCC1. The average Bonchev–Trinajstić information content (AvgIpc) is 2.43. The Morgan fingerprint density at radius 2 is 1.90 bits per heavy atom. The summed E-state index contributed by atoms with van der Waals surface area (Å²) in [7, 11) is 1.89. The van der Waals surface area contributed by atoms with Crippen molar-refractivity contribution in [3.05, 3.63) is 0 Å². The van der Waals surface area contributed by atoms with Gasteiger partial charge in [0.05, 0.1) is 11.6 Å². The molecule has 1 amide bonds. The van der Waals surface area contributed by atoms with Crippen LogP contribution >= 0.6 is 0 Å². The van der Waals surface area contributed by atoms with Crippen LogP contribution in [-0.2, 0) is 9.53 Å². The summed E-state index contributed by atoms with van der Waals surface area (Å²) in [5.74, 6) is 0.0388. The molecule has 5 nitrogen and oxygen atoms in total. The molecule has 0 radical (unpaired) electrons. The predicted octanol–water partition coefficient (Wildman–Crippen LogP) is 1.15. The lowest BCUT2D eigenvalue weighted by Gasteiger charge is -2.37. The summed E-state index contributed by atoms with van der Waals surface area (Å²) < 4.78 is 5.28. The number of likely N-dealkylation sites (N-methyl/N-ethyl adjacent to an activating group) is 1. The summed E-state index contributed by atoms with van der Waals surface area (Å²) in [4.78, 5) is 14.1. The van der Waals surface area contributed by atoms with E-state index in [0.29, 0.717) is 32.6 Å². The molecule has 1 aliphatic heterocycles. The van der Waals surface area contributed by atoms with Gasteiger partial charge in [-0.05, 0) is 26.8 Å². The van der Waals surface area contributed by atoms with Crippen LogP contribution in [0.25, 0.3) is 0 Å². The lowest BCUT2D eigenvalue weighted by Crippen LogP contribution is -2.52. The molecule has 0 bridgehead atoms. The van der Waals surface area contributed by atoms with Gasteiger partial charge in [-0.2, -0.15) is 0 Å². The van der Waals surface area contributed by atoms with Gasteiger partial charge in [0.15, 0.2) is 0 Å². The van der Waals surface area contributed by atoms with E-state index in [1.165, 1.54) is 0 Å². The topological polar surface area (TPSA) is 61.8 Å². The number of hydrogen-bond acceptors (Lipinski definition) is 4.